The lowest BCUT2D eigenvalue weighted by atomic mass is 10.1. The molecule has 1 aromatic heterocycles. The third-order valence-corrected chi connectivity index (χ3v) is 5.58. The lowest BCUT2D eigenvalue weighted by Crippen LogP contribution is -2.44. The molecule has 1 aliphatic heterocycles. The molecule has 0 spiro atoms. The van der Waals surface area contributed by atoms with Gasteiger partial charge < -0.3 is 20.4 Å². The molecule has 0 saturated carbocycles. The van der Waals surface area contributed by atoms with Crippen LogP contribution in [0.1, 0.15) is 5.56 Å². The summed E-state index contributed by atoms with van der Waals surface area (Å²) in [6.07, 6.45) is 0. The third kappa shape index (κ3) is 5.31. The van der Waals surface area contributed by atoms with Gasteiger partial charge >= 0.3 is 6.03 Å². The van der Waals surface area contributed by atoms with E-state index in [2.05, 4.69) is 37.7 Å². The number of hydrogen-bond donors (Lipinski definition) is 2. The number of amides is 2. The van der Waals surface area contributed by atoms with Crippen LogP contribution in [0.15, 0.2) is 54.6 Å². The van der Waals surface area contributed by atoms with Gasteiger partial charge in [-0.3, -0.25) is 0 Å². The van der Waals surface area contributed by atoms with Crippen molar-refractivity contribution in [3.8, 4) is 11.3 Å². The lowest BCUT2D eigenvalue weighted by molar-refractivity contribution is 0.262. The number of halogens is 1. The number of rotatable bonds is 4. The molecular formula is C23H25ClN6O. The molecule has 2 aromatic carbocycles. The first-order valence-electron chi connectivity index (χ1n) is 10.2. The van der Waals surface area contributed by atoms with Crippen LogP contribution in [0.4, 0.5) is 22.0 Å². The van der Waals surface area contributed by atoms with E-state index in [0.29, 0.717) is 16.4 Å². The number of carbonyl (C=O) groups excluding carboxylic acids is 1. The second-order valence-corrected chi connectivity index (χ2v) is 8.12. The average Bonchev–Trinajstić information content (AvgIpc) is 2.77. The van der Waals surface area contributed by atoms with E-state index in [9.17, 15) is 4.79 Å². The number of piperazine rings is 1. The van der Waals surface area contributed by atoms with Gasteiger partial charge in [0.15, 0.2) is 5.82 Å². The van der Waals surface area contributed by atoms with E-state index in [1.54, 1.807) is 12.1 Å². The van der Waals surface area contributed by atoms with Crippen molar-refractivity contribution in [1.82, 2.24) is 15.1 Å². The minimum absolute atomic E-state index is 0.334. The zero-order valence-electron chi connectivity index (χ0n) is 17.6. The molecule has 31 heavy (non-hydrogen) atoms. The van der Waals surface area contributed by atoms with Crippen LogP contribution in [0.2, 0.25) is 5.02 Å². The summed E-state index contributed by atoms with van der Waals surface area (Å²) < 4.78 is 0. The summed E-state index contributed by atoms with van der Waals surface area (Å²) in [5, 5.41) is 15.1. The van der Waals surface area contributed by atoms with Crippen molar-refractivity contribution in [1.29, 1.82) is 0 Å². The number of nitrogens with zero attached hydrogens (tertiary/aromatic N) is 4. The van der Waals surface area contributed by atoms with Crippen LogP contribution in [-0.4, -0.2) is 54.4 Å². The van der Waals surface area contributed by atoms with E-state index in [1.165, 1.54) is 0 Å². The quantitative estimate of drug-likeness (QED) is 0.629. The minimum Gasteiger partial charge on any atom is -0.353 e. The van der Waals surface area contributed by atoms with E-state index >= 15 is 0 Å². The molecule has 7 nitrogen and oxygen atoms in total. The third-order valence-electron chi connectivity index (χ3n) is 5.34. The Morgan fingerprint density at radius 1 is 0.968 bits per heavy atom. The molecule has 3 aromatic rings. The van der Waals surface area contributed by atoms with Crippen molar-refractivity contribution < 1.29 is 4.79 Å². The topological polar surface area (TPSA) is 73.4 Å². The number of benzene rings is 2. The SMILES string of the molecule is Cc1ccc(Cl)cc1NC(=O)Nc1cccc(-c2ccc(N3CCN(C)CC3)nn2)c1. The van der Waals surface area contributed by atoms with Crippen LogP contribution in [-0.2, 0) is 0 Å². The van der Waals surface area contributed by atoms with Crippen LogP contribution in [0, 0.1) is 6.92 Å². The summed E-state index contributed by atoms with van der Waals surface area (Å²) in [6, 6.07) is 16.6. The Bertz CT molecular complexity index is 1060. The molecule has 0 bridgehead atoms. The molecule has 160 valence electrons. The summed E-state index contributed by atoms with van der Waals surface area (Å²) in [7, 11) is 2.13. The Kier molecular flexibility index (Phi) is 6.34. The van der Waals surface area contributed by atoms with Gasteiger partial charge in [-0.1, -0.05) is 29.8 Å². The van der Waals surface area contributed by atoms with Gasteiger partial charge in [-0.25, -0.2) is 4.79 Å². The Morgan fingerprint density at radius 3 is 2.52 bits per heavy atom. The zero-order valence-corrected chi connectivity index (χ0v) is 18.4. The summed E-state index contributed by atoms with van der Waals surface area (Å²) in [5.41, 5.74) is 3.91. The van der Waals surface area contributed by atoms with Crippen molar-refractivity contribution >= 4 is 34.8 Å². The number of anilines is 3. The molecular weight excluding hydrogens is 412 g/mol. The number of carbonyl (C=O) groups is 1. The van der Waals surface area contributed by atoms with Gasteiger partial charge in [0.25, 0.3) is 0 Å². The van der Waals surface area contributed by atoms with Crippen LogP contribution in [0.3, 0.4) is 0 Å². The zero-order chi connectivity index (χ0) is 21.8. The fourth-order valence-corrected chi connectivity index (χ4v) is 3.63. The molecule has 2 amide bonds. The van der Waals surface area contributed by atoms with Crippen LogP contribution < -0.4 is 15.5 Å². The monoisotopic (exact) mass is 436 g/mol. The minimum atomic E-state index is -0.334. The summed E-state index contributed by atoms with van der Waals surface area (Å²) in [6.45, 7) is 5.86. The molecule has 2 N–H and O–H groups in total. The highest BCUT2D eigenvalue weighted by Gasteiger charge is 2.16. The van der Waals surface area contributed by atoms with Crippen molar-refractivity contribution in [2.75, 3.05) is 48.8 Å². The predicted molar refractivity (Wildman–Crippen MR) is 126 cm³/mol. The van der Waals surface area contributed by atoms with Crippen molar-refractivity contribution in [2.45, 2.75) is 6.92 Å². The average molecular weight is 437 g/mol. The number of aromatic nitrogens is 2. The summed E-state index contributed by atoms with van der Waals surface area (Å²) in [4.78, 5) is 17.0. The molecule has 0 unspecified atom stereocenters. The molecule has 2 heterocycles. The number of nitrogens with one attached hydrogen (secondary N) is 2. The van der Waals surface area contributed by atoms with Crippen LogP contribution in [0.5, 0.6) is 0 Å². The van der Waals surface area contributed by atoms with Crippen molar-refractivity contribution in [3.05, 3.63) is 65.2 Å². The summed E-state index contributed by atoms with van der Waals surface area (Å²) >= 11 is 6.03. The maximum absolute atomic E-state index is 12.4. The fraction of sp³-hybridized carbons (Fsp3) is 0.261. The predicted octanol–water partition coefficient (Wildman–Crippen LogP) is 4.50. The number of aryl methyl sites for hydroxylation is 1. The van der Waals surface area contributed by atoms with Crippen LogP contribution >= 0.6 is 11.6 Å². The molecule has 8 heteroatoms. The smallest absolute Gasteiger partial charge is 0.323 e. The largest absolute Gasteiger partial charge is 0.353 e. The van der Waals surface area contributed by atoms with E-state index in [0.717, 1.165) is 48.8 Å². The molecule has 4 rings (SSSR count). The van der Waals surface area contributed by atoms with Gasteiger partial charge in [0.1, 0.15) is 0 Å². The standard InChI is InChI=1S/C23H25ClN6O/c1-16-6-7-18(24)15-21(16)26-23(31)25-19-5-3-4-17(14-19)20-8-9-22(28-27-20)30-12-10-29(2)11-13-30/h3-9,14-15H,10-13H2,1-2H3,(H2,25,26,31). The molecule has 1 aliphatic rings. The Morgan fingerprint density at radius 2 is 1.77 bits per heavy atom. The molecule has 0 radical (unpaired) electrons. The second kappa shape index (κ2) is 9.32. The number of urea groups is 1. The van der Waals surface area contributed by atoms with Gasteiger partial charge in [-0.15, -0.1) is 10.2 Å². The molecule has 1 saturated heterocycles. The van der Waals surface area contributed by atoms with Crippen molar-refractivity contribution in [3.63, 3.8) is 0 Å². The van der Waals surface area contributed by atoms with Gasteiger partial charge in [0.2, 0.25) is 0 Å². The van der Waals surface area contributed by atoms with E-state index < -0.39 is 0 Å². The molecule has 0 aliphatic carbocycles. The van der Waals surface area contributed by atoms with Crippen LogP contribution in [0.25, 0.3) is 11.3 Å². The van der Waals surface area contributed by atoms with Gasteiger partial charge in [-0.2, -0.15) is 0 Å². The van der Waals surface area contributed by atoms with E-state index in [1.807, 2.05) is 49.4 Å². The first kappa shape index (κ1) is 21.1. The first-order chi connectivity index (χ1) is 15.0. The highest BCUT2D eigenvalue weighted by Crippen LogP contribution is 2.23. The maximum Gasteiger partial charge on any atom is 0.323 e. The highest BCUT2D eigenvalue weighted by molar-refractivity contribution is 6.31. The summed E-state index contributed by atoms with van der Waals surface area (Å²) in [5.74, 6) is 0.891. The number of hydrogen-bond acceptors (Lipinski definition) is 5. The van der Waals surface area contributed by atoms with Gasteiger partial charge in [0.05, 0.1) is 5.69 Å². The molecule has 0 atom stereocenters. The van der Waals surface area contributed by atoms with E-state index in [4.69, 9.17) is 11.6 Å². The van der Waals surface area contributed by atoms with E-state index in [-0.39, 0.29) is 6.03 Å². The lowest BCUT2D eigenvalue weighted by Gasteiger charge is -2.32. The first-order valence-corrected chi connectivity index (χ1v) is 10.6. The van der Waals surface area contributed by atoms with Gasteiger partial charge in [0, 0.05) is 48.1 Å². The fourth-order valence-electron chi connectivity index (χ4n) is 3.45. The molecule has 1 fully saturated rings. The Hall–Kier alpha value is -3.16. The second-order valence-electron chi connectivity index (χ2n) is 7.69. The maximum atomic E-state index is 12.4. The highest BCUT2D eigenvalue weighted by atomic mass is 35.5. The Balaban J connectivity index is 1.43. The van der Waals surface area contributed by atoms with Crippen molar-refractivity contribution in [2.24, 2.45) is 0 Å². The number of likely N-dealkylation sites (N-methyl/N-ethyl adjacent to an activating group) is 1. The Labute approximate surface area is 187 Å². The van der Waals surface area contributed by atoms with Gasteiger partial charge in [-0.05, 0) is 55.9 Å². The normalized spacial score (nSPS) is 14.4.